The summed E-state index contributed by atoms with van der Waals surface area (Å²) in [5, 5.41) is 2.81. The Balaban J connectivity index is -0.0000000417. The van der Waals surface area contributed by atoms with Crippen LogP contribution in [0.25, 0.3) is 0 Å². The summed E-state index contributed by atoms with van der Waals surface area (Å²) in [4.78, 5) is 0. The van der Waals surface area contributed by atoms with Gasteiger partial charge in [0, 0.05) is 23.8 Å². The Bertz CT molecular complexity index is 59.8. The molecular weight excluding hydrogens is 196 g/mol. The van der Waals surface area contributed by atoms with Gasteiger partial charge in [0.2, 0.25) is 0 Å². The molecule has 1 N–H and O–H groups in total. The average Bonchev–Trinajstić information content (AvgIpc) is 1.65. The zero-order valence-corrected chi connectivity index (χ0v) is 9.82. The van der Waals surface area contributed by atoms with E-state index in [1.807, 2.05) is 13.3 Å². The molecule has 8 heavy (non-hydrogen) atoms. The molecule has 1 radical (unpaired) electrons. The first-order valence-electron chi connectivity index (χ1n) is 1.57. The van der Waals surface area contributed by atoms with Crippen LogP contribution in [0.3, 0.4) is 0 Å². The summed E-state index contributed by atoms with van der Waals surface area (Å²) in [5.74, 6) is 0. The van der Waals surface area contributed by atoms with Crippen molar-refractivity contribution in [2.24, 2.45) is 0 Å². The molecule has 0 unspecified atom stereocenters. The number of thioether (sulfide) groups is 1. The Hall–Kier alpha value is 1.75. The predicted octanol–water partition coefficient (Wildman–Crippen LogP) is -2.03. The third-order valence-electron chi connectivity index (χ3n) is 0.390. The quantitative estimate of drug-likeness (QED) is 0.361. The summed E-state index contributed by atoms with van der Waals surface area (Å²) in [6, 6.07) is 0. The third kappa shape index (κ3) is 10.7. The molecule has 0 amide bonds. The van der Waals surface area contributed by atoms with Crippen LogP contribution >= 0.6 is 24.0 Å². The zero-order valence-electron chi connectivity index (χ0n) is 6.15. The van der Waals surface area contributed by atoms with E-state index in [1.165, 1.54) is 0 Å². The molecule has 1 nitrogen and oxygen atoms in total. The van der Waals surface area contributed by atoms with E-state index in [1.54, 1.807) is 11.8 Å². The molecule has 0 aliphatic carbocycles. The van der Waals surface area contributed by atoms with Gasteiger partial charge < -0.3 is 6.74 Å². The molecule has 0 aromatic carbocycles. The maximum atomic E-state index is 4.71. The molecule has 0 heterocycles. The van der Waals surface area contributed by atoms with Gasteiger partial charge in [-0.05, 0) is 6.26 Å². The van der Waals surface area contributed by atoms with Crippen LogP contribution in [0.2, 0.25) is 0 Å². The van der Waals surface area contributed by atoms with E-state index in [0.29, 0.717) is 0 Å². The predicted molar refractivity (Wildman–Crippen MR) is 36.3 cm³/mol. The first-order valence-corrected chi connectivity index (χ1v) is 3.20. The number of nitrogens with one attached hydrogen (secondary N) is 1. The van der Waals surface area contributed by atoms with E-state index in [4.69, 9.17) is 12.2 Å². The molecule has 0 rings (SSSR count). The van der Waals surface area contributed by atoms with E-state index >= 15 is 0 Å². The molecule has 47 valence electrons. The SMILES string of the molecule is CNC(=S)SC.[Co].[H-].[Na+]. The van der Waals surface area contributed by atoms with Gasteiger partial charge in [-0.1, -0.05) is 12.2 Å². The standard InChI is InChI=1S/C3H7NS2.Co.Na.H/c1-4-3(5)6-2;;;/h1-2H3,(H,4,5);;;/q;;+1;-1. The molecule has 0 aliphatic heterocycles. The van der Waals surface area contributed by atoms with Crippen LogP contribution in [0, 0.1) is 0 Å². The Kier molecular flexibility index (Phi) is 23.6. The Morgan fingerprint density at radius 3 is 2.12 bits per heavy atom. The molecule has 5 heteroatoms. The molecule has 0 aliphatic rings. The summed E-state index contributed by atoms with van der Waals surface area (Å²) in [5.41, 5.74) is 0. The van der Waals surface area contributed by atoms with Crippen LogP contribution in [0.15, 0.2) is 0 Å². The summed E-state index contributed by atoms with van der Waals surface area (Å²) < 4.78 is 0.843. The first kappa shape index (κ1) is 16.4. The summed E-state index contributed by atoms with van der Waals surface area (Å²) in [6.45, 7) is 0. The monoisotopic (exact) mass is 204 g/mol. The van der Waals surface area contributed by atoms with E-state index in [2.05, 4.69) is 5.32 Å². The minimum Gasteiger partial charge on any atom is -1.00 e. The smallest absolute Gasteiger partial charge is 1.00 e. The van der Waals surface area contributed by atoms with E-state index in [0.717, 1.165) is 4.32 Å². The van der Waals surface area contributed by atoms with Crippen molar-refractivity contribution in [1.82, 2.24) is 5.32 Å². The van der Waals surface area contributed by atoms with Gasteiger partial charge in [0.05, 0.1) is 0 Å². The third-order valence-corrected chi connectivity index (χ3v) is 1.67. The second-order valence-corrected chi connectivity index (χ2v) is 2.22. The first-order chi connectivity index (χ1) is 2.81. The van der Waals surface area contributed by atoms with Crippen molar-refractivity contribution in [3.63, 3.8) is 0 Å². The van der Waals surface area contributed by atoms with Crippen molar-refractivity contribution in [3.05, 3.63) is 0 Å². The largest absolute Gasteiger partial charge is 1.00 e. The van der Waals surface area contributed by atoms with Gasteiger partial charge >= 0.3 is 29.6 Å². The van der Waals surface area contributed by atoms with Crippen LogP contribution in [0.1, 0.15) is 1.43 Å². The second-order valence-electron chi connectivity index (χ2n) is 0.742. The van der Waals surface area contributed by atoms with Crippen LogP contribution < -0.4 is 34.9 Å². The van der Waals surface area contributed by atoms with Gasteiger partial charge in [-0.25, -0.2) is 0 Å². The topological polar surface area (TPSA) is 12.0 Å². The average molecular weight is 204 g/mol. The van der Waals surface area contributed by atoms with Crippen LogP contribution in [-0.4, -0.2) is 17.6 Å². The fraction of sp³-hybridized carbons (Fsp3) is 0.667. The van der Waals surface area contributed by atoms with Crippen molar-refractivity contribution >= 4 is 28.3 Å². The van der Waals surface area contributed by atoms with Gasteiger partial charge in [-0.15, -0.1) is 11.8 Å². The number of rotatable bonds is 0. The minimum absolute atomic E-state index is 0. The maximum absolute atomic E-state index is 4.71. The van der Waals surface area contributed by atoms with Gasteiger partial charge in [0.15, 0.2) is 0 Å². The van der Waals surface area contributed by atoms with Crippen molar-refractivity contribution in [1.29, 1.82) is 0 Å². The van der Waals surface area contributed by atoms with Crippen molar-refractivity contribution in [2.75, 3.05) is 13.3 Å². The van der Waals surface area contributed by atoms with Crippen LogP contribution in [0.4, 0.5) is 0 Å². The minimum atomic E-state index is 0. The zero-order chi connectivity index (χ0) is 4.99. The fourth-order valence-corrected chi connectivity index (χ4v) is 0.306. The second kappa shape index (κ2) is 11.5. The molecule has 0 aromatic rings. The maximum Gasteiger partial charge on any atom is 1.00 e. The van der Waals surface area contributed by atoms with Crippen molar-refractivity contribution in [3.8, 4) is 0 Å². The fourth-order valence-electron chi connectivity index (χ4n) is 0.102. The molecule has 0 aromatic heterocycles. The van der Waals surface area contributed by atoms with Gasteiger partial charge in [0.1, 0.15) is 4.32 Å². The molecule has 0 bridgehead atoms. The van der Waals surface area contributed by atoms with E-state index in [9.17, 15) is 0 Å². The van der Waals surface area contributed by atoms with Crippen LogP contribution in [-0.2, 0) is 16.8 Å². The van der Waals surface area contributed by atoms with Crippen molar-refractivity contribution in [2.45, 2.75) is 0 Å². The number of hydrogen-bond acceptors (Lipinski definition) is 2. The van der Waals surface area contributed by atoms with Gasteiger partial charge in [-0.3, -0.25) is 0 Å². The summed E-state index contributed by atoms with van der Waals surface area (Å²) in [7, 11) is 1.82. The number of hydrogen-bond donors (Lipinski definition) is 1. The van der Waals surface area contributed by atoms with Crippen LogP contribution in [0.5, 0.6) is 0 Å². The number of thiocarbonyl (C=S) groups is 1. The summed E-state index contributed by atoms with van der Waals surface area (Å²) >= 11 is 6.25. The Morgan fingerprint density at radius 2 is 2.12 bits per heavy atom. The molecule has 0 atom stereocenters. The normalized spacial score (nSPS) is 5.75. The Labute approximate surface area is 93.7 Å². The van der Waals surface area contributed by atoms with E-state index < -0.39 is 0 Å². The summed E-state index contributed by atoms with van der Waals surface area (Å²) in [6.07, 6.45) is 1.94. The van der Waals surface area contributed by atoms with Gasteiger partial charge in [-0.2, -0.15) is 0 Å². The molecule has 0 saturated heterocycles. The molecule has 0 fully saturated rings. The molecule has 0 saturated carbocycles. The molecular formula is C3H8CoNNaS2. The Morgan fingerprint density at radius 1 is 1.75 bits per heavy atom. The van der Waals surface area contributed by atoms with Crippen molar-refractivity contribution < 1.29 is 47.8 Å². The van der Waals surface area contributed by atoms with E-state index in [-0.39, 0.29) is 47.8 Å². The van der Waals surface area contributed by atoms with Gasteiger partial charge in [0.25, 0.3) is 0 Å². The molecule has 0 spiro atoms.